The maximum atomic E-state index is 12.8. The Morgan fingerprint density at radius 2 is 2.25 bits per heavy atom. The highest BCUT2D eigenvalue weighted by Gasteiger charge is 2.22. The Labute approximate surface area is 94.0 Å². The number of hydrogen-bond acceptors (Lipinski definition) is 2. The molecule has 0 spiro atoms. The Bertz CT molecular complexity index is 377. The number of benzene rings is 1. The van der Waals surface area contributed by atoms with E-state index < -0.39 is 0 Å². The molecule has 1 saturated carbocycles. The summed E-state index contributed by atoms with van der Waals surface area (Å²) in [5, 5.41) is 5.91. The maximum absolute atomic E-state index is 12.8. The third-order valence-electron chi connectivity index (χ3n) is 2.45. The molecule has 2 rings (SSSR count). The first-order valence-electron chi connectivity index (χ1n) is 5.53. The van der Waals surface area contributed by atoms with Crippen LogP contribution in [-0.4, -0.2) is 18.5 Å². The minimum Gasteiger partial charge on any atom is -0.384 e. The van der Waals surface area contributed by atoms with Gasteiger partial charge in [0.15, 0.2) is 0 Å². The molecule has 0 unspecified atom stereocenters. The van der Waals surface area contributed by atoms with Crippen LogP contribution >= 0.6 is 0 Å². The Morgan fingerprint density at radius 1 is 1.44 bits per heavy atom. The molecule has 1 aliphatic carbocycles. The number of amides is 1. The maximum Gasteiger partial charge on any atom is 0.221 e. The predicted octanol–water partition coefficient (Wildman–Crippen LogP) is 1.91. The van der Waals surface area contributed by atoms with Crippen molar-refractivity contribution in [1.82, 2.24) is 5.32 Å². The van der Waals surface area contributed by atoms with Crippen LogP contribution in [0.15, 0.2) is 24.3 Å². The van der Waals surface area contributed by atoms with E-state index in [0.29, 0.717) is 24.7 Å². The number of hydrogen-bond donors (Lipinski definition) is 2. The summed E-state index contributed by atoms with van der Waals surface area (Å²) in [4.78, 5) is 11.3. The Morgan fingerprint density at radius 3 is 2.94 bits per heavy atom. The largest absolute Gasteiger partial charge is 0.384 e. The van der Waals surface area contributed by atoms with Gasteiger partial charge in [-0.25, -0.2) is 4.39 Å². The zero-order valence-electron chi connectivity index (χ0n) is 9.00. The van der Waals surface area contributed by atoms with Gasteiger partial charge in [0.2, 0.25) is 5.91 Å². The monoisotopic (exact) mass is 222 g/mol. The molecule has 1 aromatic rings. The van der Waals surface area contributed by atoms with Gasteiger partial charge in [0, 0.05) is 24.7 Å². The van der Waals surface area contributed by atoms with E-state index >= 15 is 0 Å². The molecule has 4 heteroatoms. The van der Waals surface area contributed by atoms with Gasteiger partial charge in [-0.2, -0.15) is 0 Å². The highest BCUT2D eigenvalue weighted by atomic mass is 19.1. The summed E-state index contributed by atoms with van der Waals surface area (Å²) in [7, 11) is 0. The van der Waals surface area contributed by atoms with Gasteiger partial charge in [0.1, 0.15) is 5.82 Å². The first-order valence-corrected chi connectivity index (χ1v) is 5.53. The normalized spacial score (nSPS) is 14.6. The van der Waals surface area contributed by atoms with Crippen LogP contribution in [0.1, 0.15) is 19.3 Å². The molecule has 0 atom stereocenters. The van der Waals surface area contributed by atoms with Crippen molar-refractivity contribution < 1.29 is 9.18 Å². The number of halogens is 1. The minimum atomic E-state index is -0.271. The second-order valence-corrected chi connectivity index (χ2v) is 4.03. The van der Waals surface area contributed by atoms with E-state index in [9.17, 15) is 9.18 Å². The lowest BCUT2D eigenvalue weighted by Crippen LogP contribution is -2.27. The molecule has 3 nitrogen and oxygen atoms in total. The second kappa shape index (κ2) is 4.96. The molecule has 0 aromatic heterocycles. The van der Waals surface area contributed by atoms with Crippen molar-refractivity contribution in [1.29, 1.82) is 0 Å². The van der Waals surface area contributed by atoms with Crippen molar-refractivity contribution in [3.05, 3.63) is 30.1 Å². The molecule has 0 aliphatic heterocycles. The van der Waals surface area contributed by atoms with Gasteiger partial charge in [-0.3, -0.25) is 4.79 Å². The number of rotatable bonds is 5. The first kappa shape index (κ1) is 10.9. The lowest BCUT2D eigenvalue weighted by atomic mass is 10.3. The van der Waals surface area contributed by atoms with E-state index in [2.05, 4.69) is 10.6 Å². The summed E-state index contributed by atoms with van der Waals surface area (Å²) in [6.07, 6.45) is 2.62. The number of carbonyl (C=O) groups excluding carboxylic acids is 1. The van der Waals surface area contributed by atoms with Crippen LogP contribution in [0.5, 0.6) is 0 Å². The smallest absolute Gasteiger partial charge is 0.221 e. The highest BCUT2D eigenvalue weighted by Crippen LogP contribution is 2.18. The van der Waals surface area contributed by atoms with Gasteiger partial charge < -0.3 is 10.6 Å². The van der Waals surface area contributed by atoms with E-state index in [1.165, 1.54) is 12.1 Å². The van der Waals surface area contributed by atoms with Crippen LogP contribution in [-0.2, 0) is 4.79 Å². The lowest BCUT2D eigenvalue weighted by molar-refractivity contribution is -0.120. The molecule has 16 heavy (non-hydrogen) atoms. The van der Waals surface area contributed by atoms with Gasteiger partial charge >= 0.3 is 0 Å². The summed E-state index contributed by atoms with van der Waals surface area (Å²) in [6.45, 7) is 0.530. The molecule has 1 aromatic carbocycles. The van der Waals surface area contributed by atoms with Gasteiger partial charge in [-0.1, -0.05) is 6.07 Å². The lowest BCUT2D eigenvalue weighted by Gasteiger charge is -2.06. The SMILES string of the molecule is O=C(CCNc1cccc(F)c1)NC1CC1. The average Bonchev–Trinajstić information content (AvgIpc) is 3.02. The molecule has 0 radical (unpaired) electrons. The molecule has 1 fully saturated rings. The topological polar surface area (TPSA) is 41.1 Å². The fraction of sp³-hybridized carbons (Fsp3) is 0.417. The van der Waals surface area contributed by atoms with Gasteiger partial charge in [0.25, 0.3) is 0 Å². The highest BCUT2D eigenvalue weighted by molar-refractivity contribution is 5.77. The van der Waals surface area contributed by atoms with Crippen molar-refractivity contribution >= 4 is 11.6 Å². The van der Waals surface area contributed by atoms with Crippen molar-refractivity contribution in [3.63, 3.8) is 0 Å². The van der Waals surface area contributed by atoms with Crippen LogP contribution in [0.2, 0.25) is 0 Å². The van der Waals surface area contributed by atoms with Gasteiger partial charge in [-0.15, -0.1) is 0 Å². The molecular weight excluding hydrogens is 207 g/mol. The zero-order chi connectivity index (χ0) is 11.4. The Kier molecular flexibility index (Phi) is 3.39. The van der Waals surface area contributed by atoms with Crippen LogP contribution in [0.4, 0.5) is 10.1 Å². The van der Waals surface area contributed by atoms with Crippen molar-refractivity contribution in [2.75, 3.05) is 11.9 Å². The van der Waals surface area contributed by atoms with Crippen molar-refractivity contribution in [3.8, 4) is 0 Å². The fourth-order valence-corrected chi connectivity index (χ4v) is 1.45. The summed E-state index contributed by atoms with van der Waals surface area (Å²) in [5.74, 6) is -0.209. The number of carbonyl (C=O) groups is 1. The molecular formula is C12H15FN2O. The third kappa shape index (κ3) is 3.53. The molecule has 86 valence electrons. The van der Waals surface area contributed by atoms with E-state index in [-0.39, 0.29) is 11.7 Å². The second-order valence-electron chi connectivity index (χ2n) is 4.03. The fourth-order valence-electron chi connectivity index (χ4n) is 1.45. The van der Waals surface area contributed by atoms with Crippen LogP contribution < -0.4 is 10.6 Å². The molecule has 1 amide bonds. The summed E-state index contributed by atoms with van der Waals surface area (Å²) in [5.41, 5.74) is 0.708. The first-order chi connectivity index (χ1) is 7.74. The van der Waals surface area contributed by atoms with E-state index in [0.717, 1.165) is 12.8 Å². The van der Waals surface area contributed by atoms with Crippen molar-refractivity contribution in [2.45, 2.75) is 25.3 Å². The zero-order valence-corrected chi connectivity index (χ0v) is 9.00. The predicted molar refractivity (Wildman–Crippen MR) is 60.7 cm³/mol. The molecule has 0 heterocycles. The average molecular weight is 222 g/mol. The molecule has 0 bridgehead atoms. The molecule has 1 aliphatic rings. The van der Waals surface area contributed by atoms with E-state index in [4.69, 9.17) is 0 Å². The molecule has 2 N–H and O–H groups in total. The summed E-state index contributed by atoms with van der Waals surface area (Å²) >= 11 is 0. The Hall–Kier alpha value is -1.58. The van der Waals surface area contributed by atoms with Crippen LogP contribution in [0, 0.1) is 5.82 Å². The third-order valence-corrected chi connectivity index (χ3v) is 2.45. The summed E-state index contributed by atoms with van der Waals surface area (Å²) < 4.78 is 12.8. The standard InChI is InChI=1S/C12H15FN2O/c13-9-2-1-3-11(8-9)14-7-6-12(16)15-10-4-5-10/h1-3,8,10,14H,4-7H2,(H,15,16). The van der Waals surface area contributed by atoms with Gasteiger partial charge in [0.05, 0.1) is 0 Å². The number of nitrogens with one attached hydrogen (secondary N) is 2. The van der Waals surface area contributed by atoms with Crippen LogP contribution in [0.25, 0.3) is 0 Å². The van der Waals surface area contributed by atoms with Crippen LogP contribution in [0.3, 0.4) is 0 Å². The van der Waals surface area contributed by atoms with Gasteiger partial charge in [-0.05, 0) is 31.0 Å². The number of anilines is 1. The van der Waals surface area contributed by atoms with Crippen molar-refractivity contribution in [2.24, 2.45) is 0 Å². The molecule has 0 saturated heterocycles. The minimum absolute atomic E-state index is 0.0615. The van der Waals surface area contributed by atoms with E-state index in [1.54, 1.807) is 12.1 Å². The summed E-state index contributed by atoms with van der Waals surface area (Å²) in [6, 6.07) is 6.63. The Balaban J connectivity index is 1.68. The van der Waals surface area contributed by atoms with E-state index in [1.807, 2.05) is 0 Å². The quantitative estimate of drug-likeness (QED) is 0.799.